The highest BCUT2D eigenvalue weighted by atomic mass is 35.5. The number of aromatic amines is 1. The number of halogens is 1. The average Bonchev–Trinajstić information content (AvgIpc) is 3.91. The third-order valence-corrected chi connectivity index (χ3v) is 12.0. The number of aromatic hydroxyl groups is 1. The van der Waals surface area contributed by atoms with E-state index in [0.717, 1.165) is 44.2 Å². The molecule has 1 aliphatic rings. The average molecular weight is 782 g/mol. The van der Waals surface area contributed by atoms with Gasteiger partial charge in [0, 0.05) is 48.8 Å². The number of hydrogen-bond donors (Lipinski definition) is 5. The largest absolute Gasteiger partial charge is 0.506 e. The number of methoxy groups -OCH3 is 1. The second-order valence-electron chi connectivity index (χ2n) is 13.2. The molecule has 1 saturated carbocycles. The molecule has 11 nitrogen and oxygen atoms in total. The van der Waals surface area contributed by atoms with Gasteiger partial charge in [-0.05, 0) is 85.8 Å². The number of rotatable bonds is 16. The number of phenolic OH excluding ortho intramolecular Hbond substituents is 1. The molecule has 5 N–H and O–H groups in total. The maximum atomic E-state index is 13.4. The van der Waals surface area contributed by atoms with Crippen LogP contribution >= 0.6 is 34.3 Å². The Morgan fingerprint density at radius 1 is 1.06 bits per heavy atom. The van der Waals surface area contributed by atoms with Crippen LogP contribution < -0.4 is 20.3 Å². The molecule has 0 amide bonds. The number of aliphatic hydroxyl groups excluding tert-OH is 1. The van der Waals surface area contributed by atoms with Crippen LogP contribution in [0.1, 0.15) is 59.1 Å². The summed E-state index contributed by atoms with van der Waals surface area (Å²) in [6.45, 7) is 1.84. The highest BCUT2D eigenvalue weighted by Crippen LogP contribution is 2.38. The molecule has 1 aliphatic carbocycles. The zero-order valence-electron chi connectivity index (χ0n) is 29.5. The summed E-state index contributed by atoms with van der Waals surface area (Å²) >= 11 is 9.30. The van der Waals surface area contributed by atoms with E-state index < -0.39 is 17.7 Å². The summed E-state index contributed by atoms with van der Waals surface area (Å²) in [7, 11) is 3.68. The number of pyridine rings is 1. The van der Waals surface area contributed by atoms with Crippen LogP contribution in [0.3, 0.4) is 0 Å². The van der Waals surface area contributed by atoms with Gasteiger partial charge in [0.2, 0.25) is 11.2 Å². The Morgan fingerprint density at radius 2 is 1.77 bits per heavy atom. The van der Waals surface area contributed by atoms with Gasteiger partial charge in [0.1, 0.15) is 23.4 Å². The summed E-state index contributed by atoms with van der Waals surface area (Å²) in [5.41, 5.74) is -0.486. The highest BCUT2D eigenvalue weighted by Gasteiger charge is 2.45. The number of carbonyl (C=O) groups is 1. The van der Waals surface area contributed by atoms with Crippen LogP contribution in [-0.2, 0) is 21.7 Å². The number of esters is 1. The summed E-state index contributed by atoms with van der Waals surface area (Å²) in [5.74, 6) is 0.435. The van der Waals surface area contributed by atoms with Crippen LogP contribution in [0.4, 0.5) is 0 Å². The van der Waals surface area contributed by atoms with E-state index in [1.165, 1.54) is 34.8 Å². The van der Waals surface area contributed by atoms with Gasteiger partial charge in [-0.2, -0.15) is 0 Å². The van der Waals surface area contributed by atoms with E-state index in [9.17, 15) is 24.9 Å². The van der Waals surface area contributed by atoms with Crippen molar-refractivity contribution < 1.29 is 34.3 Å². The second-order valence-corrected chi connectivity index (χ2v) is 15.5. The lowest BCUT2D eigenvalue weighted by Gasteiger charge is -2.35. The molecule has 282 valence electrons. The van der Waals surface area contributed by atoms with Crippen molar-refractivity contribution in [2.75, 3.05) is 33.9 Å². The molecule has 6 rings (SSSR count). The minimum atomic E-state index is -1.79. The lowest BCUT2D eigenvalue weighted by atomic mass is 9.91. The van der Waals surface area contributed by atoms with Gasteiger partial charge >= 0.3 is 5.97 Å². The zero-order chi connectivity index (χ0) is 37.5. The fourth-order valence-electron chi connectivity index (χ4n) is 6.83. The standard InChI is InChI=1S/C39H44ClN3O8S2/c1-43(25-8-10-26(11-9-25)51-38(47)39(48,34-6-3-18-52-34)35-7-4-19-53-35)16-5-17-50-33-21-32(49-2)24(20-29(33)40)22-41-23-31(45)27-12-14-30(44)37-28(27)13-15-36(46)42-37/h3-4,6-7,12-15,18-21,25-26,31,41,44-45,48H,5,8-11,16-17,22-23H2,1-2H3,(H,42,46)/t25-,26-,31-/m0/s1. The minimum absolute atomic E-state index is 0.0643. The van der Waals surface area contributed by atoms with Gasteiger partial charge in [-0.15, -0.1) is 22.7 Å². The molecule has 0 unspecified atom stereocenters. The number of hydrogen-bond acceptors (Lipinski definition) is 12. The van der Waals surface area contributed by atoms with Crippen molar-refractivity contribution in [3.8, 4) is 17.2 Å². The Balaban J connectivity index is 0.942. The summed E-state index contributed by atoms with van der Waals surface area (Å²) in [5, 5.41) is 40.5. The van der Waals surface area contributed by atoms with E-state index in [0.29, 0.717) is 56.4 Å². The molecule has 0 saturated heterocycles. The molecule has 5 aromatic rings. The molecule has 3 heterocycles. The number of nitrogens with one attached hydrogen (secondary N) is 2. The number of ether oxygens (including phenoxy) is 3. The summed E-state index contributed by atoms with van der Waals surface area (Å²) in [6.07, 6.45) is 2.86. The van der Waals surface area contributed by atoms with Gasteiger partial charge in [-0.3, -0.25) is 4.79 Å². The van der Waals surface area contributed by atoms with Crippen molar-refractivity contribution in [1.82, 2.24) is 15.2 Å². The SMILES string of the molecule is COc1cc(OCCCN(C)[C@H]2CC[C@H](OC(=O)C(O)(c3cccs3)c3cccs3)CC2)c(Cl)cc1CNC[C@H](O)c1ccc(O)c2[nH]c(=O)ccc12. The van der Waals surface area contributed by atoms with Gasteiger partial charge in [-0.25, -0.2) is 4.79 Å². The third-order valence-electron chi connectivity index (χ3n) is 9.76. The van der Waals surface area contributed by atoms with Crippen LogP contribution in [0.5, 0.6) is 17.2 Å². The Kier molecular flexibility index (Phi) is 12.8. The molecular formula is C39H44ClN3O8S2. The molecular weight excluding hydrogens is 738 g/mol. The van der Waals surface area contributed by atoms with Crippen LogP contribution in [0.2, 0.25) is 5.02 Å². The number of aromatic nitrogens is 1. The fourth-order valence-corrected chi connectivity index (χ4v) is 8.78. The number of phenols is 1. The molecule has 2 aromatic carbocycles. The van der Waals surface area contributed by atoms with Gasteiger partial charge in [-0.1, -0.05) is 29.8 Å². The van der Waals surface area contributed by atoms with Gasteiger partial charge in [0.15, 0.2) is 0 Å². The lowest BCUT2D eigenvalue weighted by molar-refractivity contribution is -0.169. The zero-order valence-corrected chi connectivity index (χ0v) is 31.9. The van der Waals surface area contributed by atoms with Crippen LogP contribution in [0, 0.1) is 0 Å². The lowest BCUT2D eigenvalue weighted by Crippen LogP contribution is -2.42. The number of carbonyl (C=O) groups excluding carboxylic acids is 1. The summed E-state index contributed by atoms with van der Waals surface area (Å²) in [4.78, 5) is 31.1. The van der Waals surface area contributed by atoms with Gasteiger partial charge in [0.05, 0.1) is 40.1 Å². The van der Waals surface area contributed by atoms with Crippen molar-refractivity contribution in [2.45, 2.75) is 62.5 Å². The summed E-state index contributed by atoms with van der Waals surface area (Å²) in [6, 6.07) is 17.1. The molecule has 0 radical (unpaired) electrons. The topological polar surface area (TPSA) is 154 Å². The Morgan fingerprint density at radius 3 is 2.43 bits per heavy atom. The number of thiophene rings is 2. The molecule has 14 heteroatoms. The molecule has 0 aliphatic heterocycles. The predicted octanol–water partition coefficient (Wildman–Crippen LogP) is 6.33. The van der Waals surface area contributed by atoms with E-state index in [1.54, 1.807) is 43.5 Å². The van der Waals surface area contributed by atoms with Gasteiger partial charge in [0.25, 0.3) is 0 Å². The number of benzene rings is 2. The number of H-pyrrole nitrogens is 1. The predicted molar refractivity (Wildman–Crippen MR) is 207 cm³/mol. The first-order valence-corrected chi connectivity index (χ1v) is 19.7. The van der Waals surface area contributed by atoms with Crippen molar-refractivity contribution >= 4 is 51.1 Å². The normalized spacial score (nSPS) is 16.9. The van der Waals surface area contributed by atoms with E-state index >= 15 is 0 Å². The smallest absolute Gasteiger partial charge is 0.349 e. The Labute approximate surface area is 320 Å². The quantitative estimate of drug-likeness (QED) is 0.0567. The van der Waals surface area contributed by atoms with Crippen LogP contribution in [-0.4, -0.2) is 77.2 Å². The highest BCUT2D eigenvalue weighted by molar-refractivity contribution is 7.12. The van der Waals surface area contributed by atoms with E-state index in [-0.39, 0.29) is 29.5 Å². The first-order chi connectivity index (χ1) is 25.6. The molecule has 53 heavy (non-hydrogen) atoms. The van der Waals surface area contributed by atoms with E-state index in [2.05, 4.69) is 22.2 Å². The fraction of sp³-hybridized carbons (Fsp3) is 0.385. The van der Waals surface area contributed by atoms with Crippen molar-refractivity contribution in [2.24, 2.45) is 0 Å². The molecule has 1 fully saturated rings. The molecule has 3 aromatic heterocycles. The molecule has 1 atom stereocenters. The molecule has 0 spiro atoms. The monoisotopic (exact) mass is 781 g/mol. The van der Waals surface area contributed by atoms with E-state index in [4.69, 9.17) is 25.8 Å². The Bertz CT molecular complexity index is 2000. The number of nitrogens with zero attached hydrogens (tertiary/aromatic N) is 1. The first kappa shape index (κ1) is 38.8. The van der Waals surface area contributed by atoms with Crippen molar-refractivity contribution in [3.05, 3.63) is 108 Å². The maximum absolute atomic E-state index is 13.4. The minimum Gasteiger partial charge on any atom is -0.506 e. The second kappa shape index (κ2) is 17.5. The Hall–Kier alpha value is -3.95. The van der Waals surface area contributed by atoms with Gasteiger partial charge < -0.3 is 44.7 Å². The van der Waals surface area contributed by atoms with Crippen LogP contribution in [0.15, 0.2) is 76.2 Å². The van der Waals surface area contributed by atoms with Crippen molar-refractivity contribution in [1.29, 1.82) is 0 Å². The van der Waals surface area contributed by atoms with Crippen molar-refractivity contribution in [3.63, 3.8) is 0 Å². The maximum Gasteiger partial charge on any atom is 0.349 e. The summed E-state index contributed by atoms with van der Waals surface area (Å²) < 4.78 is 17.6. The van der Waals surface area contributed by atoms with E-state index in [1.807, 2.05) is 22.9 Å². The third kappa shape index (κ3) is 8.89. The van der Waals surface area contributed by atoms with Crippen LogP contribution in [0.25, 0.3) is 10.9 Å². The first-order valence-electron chi connectivity index (χ1n) is 17.5. The number of fused-ring (bicyclic) bond motifs is 1. The molecule has 0 bridgehead atoms. The number of aliphatic hydroxyl groups is 2.